The SMILES string of the molecule is CCCC(C)CCCCc1cccc(C(=O)O)c1O. The summed E-state index contributed by atoms with van der Waals surface area (Å²) in [7, 11) is 0. The third kappa shape index (κ3) is 4.93. The normalized spacial score (nSPS) is 12.3. The fourth-order valence-electron chi connectivity index (χ4n) is 2.41. The fraction of sp³-hybridized carbons (Fsp3) is 0.562. The third-order valence-corrected chi connectivity index (χ3v) is 3.52. The number of carbonyl (C=O) groups is 1. The zero-order valence-electron chi connectivity index (χ0n) is 11.9. The molecule has 1 unspecified atom stereocenters. The molecular weight excluding hydrogens is 240 g/mol. The van der Waals surface area contributed by atoms with Crippen LogP contribution in [-0.4, -0.2) is 16.2 Å². The van der Waals surface area contributed by atoms with Crippen LogP contribution in [0.3, 0.4) is 0 Å². The van der Waals surface area contributed by atoms with Crippen molar-refractivity contribution in [2.24, 2.45) is 5.92 Å². The number of carboxylic acid groups (broad SMARTS) is 1. The third-order valence-electron chi connectivity index (χ3n) is 3.52. The summed E-state index contributed by atoms with van der Waals surface area (Å²) in [5, 5.41) is 18.8. The number of rotatable bonds is 8. The Bertz CT molecular complexity index is 412. The number of unbranched alkanes of at least 4 members (excludes halogenated alkanes) is 1. The predicted octanol–water partition coefficient (Wildman–Crippen LogP) is 4.24. The molecule has 0 spiro atoms. The van der Waals surface area contributed by atoms with Crippen molar-refractivity contribution < 1.29 is 15.0 Å². The van der Waals surface area contributed by atoms with Crippen LogP contribution in [0, 0.1) is 5.92 Å². The molecule has 1 rings (SSSR count). The van der Waals surface area contributed by atoms with Crippen molar-refractivity contribution in [2.75, 3.05) is 0 Å². The zero-order chi connectivity index (χ0) is 14.3. The number of hydrogen-bond acceptors (Lipinski definition) is 2. The molecule has 0 radical (unpaired) electrons. The number of benzene rings is 1. The van der Waals surface area contributed by atoms with E-state index >= 15 is 0 Å². The van der Waals surface area contributed by atoms with Crippen LogP contribution in [0.5, 0.6) is 5.75 Å². The summed E-state index contributed by atoms with van der Waals surface area (Å²) in [6.45, 7) is 4.47. The summed E-state index contributed by atoms with van der Waals surface area (Å²) in [5.41, 5.74) is 0.736. The van der Waals surface area contributed by atoms with Crippen LogP contribution in [-0.2, 0) is 6.42 Å². The average molecular weight is 264 g/mol. The van der Waals surface area contributed by atoms with Crippen LogP contribution >= 0.6 is 0 Å². The van der Waals surface area contributed by atoms with Crippen LogP contribution in [0.2, 0.25) is 0 Å². The van der Waals surface area contributed by atoms with E-state index in [-0.39, 0.29) is 11.3 Å². The number of phenols is 1. The van der Waals surface area contributed by atoms with E-state index in [1.807, 2.05) is 0 Å². The van der Waals surface area contributed by atoms with Gasteiger partial charge in [0.25, 0.3) is 0 Å². The van der Waals surface area contributed by atoms with E-state index in [0.717, 1.165) is 30.7 Å². The molecule has 0 heterocycles. The van der Waals surface area contributed by atoms with Gasteiger partial charge in [0.05, 0.1) is 0 Å². The van der Waals surface area contributed by atoms with Gasteiger partial charge in [-0.1, -0.05) is 51.7 Å². The number of aromatic hydroxyl groups is 1. The molecule has 0 saturated heterocycles. The topological polar surface area (TPSA) is 57.5 Å². The van der Waals surface area contributed by atoms with Crippen molar-refractivity contribution in [3.8, 4) is 5.75 Å². The Morgan fingerprint density at radius 1 is 1.26 bits per heavy atom. The summed E-state index contributed by atoms with van der Waals surface area (Å²) in [6.07, 6.45) is 6.55. The lowest BCUT2D eigenvalue weighted by Crippen LogP contribution is -1.99. The number of carboxylic acids is 1. The first kappa shape index (κ1) is 15.5. The molecule has 0 aliphatic rings. The zero-order valence-corrected chi connectivity index (χ0v) is 11.9. The molecule has 1 aromatic carbocycles. The maximum Gasteiger partial charge on any atom is 0.339 e. The van der Waals surface area contributed by atoms with E-state index in [1.165, 1.54) is 25.3 Å². The van der Waals surface area contributed by atoms with Gasteiger partial charge in [-0.3, -0.25) is 0 Å². The summed E-state index contributed by atoms with van der Waals surface area (Å²) >= 11 is 0. The van der Waals surface area contributed by atoms with Gasteiger partial charge in [0.1, 0.15) is 11.3 Å². The summed E-state index contributed by atoms with van der Waals surface area (Å²) < 4.78 is 0. The van der Waals surface area contributed by atoms with Gasteiger partial charge in [-0.15, -0.1) is 0 Å². The number of para-hydroxylation sites is 1. The quantitative estimate of drug-likeness (QED) is 0.690. The minimum atomic E-state index is -1.07. The molecule has 0 bridgehead atoms. The minimum Gasteiger partial charge on any atom is -0.507 e. The molecule has 19 heavy (non-hydrogen) atoms. The smallest absolute Gasteiger partial charge is 0.339 e. The molecule has 3 nitrogen and oxygen atoms in total. The molecular formula is C16H24O3. The number of hydrogen-bond donors (Lipinski definition) is 2. The highest BCUT2D eigenvalue weighted by Gasteiger charge is 2.12. The lowest BCUT2D eigenvalue weighted by atomic mass is 9.97. The van der Waals surface area contributed by atoms with Gasteiger partial charge in [-0.2, -0.15) is 0 Å². The van der Waals surface area contributed by atoms with Gasteiger partial charge in [-0.25, -0.2) is 4.79 Å². The van der Waals surface area contributed by atoms with Crippen LogP contribution in [0.1, 0.15) is 61.9 Å². The first-order valence-electron chi connectivity index (χ1n) is 7.10. The first-order valence-corrected chi connectivity index (χ1v) is 7.10. The Hall–Kier alpha value is -1.51. The van der Waals surface area contributed by atoms with Crippen LogP contribution < -0.4 is 0 Å². The molecule has 1 aromatic rings. The Morgan fingerprint density at radius 3 is 2.63 bits per heavy atom. The van der Waals surface area contributed by atoms with Gasteiger partial charge in [0.2, 0.25) is 0 Å². The second-order valence-corrected chi connectivity index (χ2v) is 5.26. The molecule has 0 amide bonds. The maximum absolute atomic E-state index is 10.9. The minimum absolute atomic E-state index is 0.00292. The van der Waals surface area contributed by atoms with E-state index in [0.29, 0.717) is 0 Å². The van der Waals surface area contributed by atoms with Crippen molar-refractivity contribution in [1.82, 2.24) is 0 Å². The lowest BCUT2D eigenvalue weighted by Gasteiger charge is -2.10. The van der Waals surface area contributed by atoms with E-state index in [4.69, 9.17) is 5.11 Å². The summed E-state index contributed by atoms with van der Waals surface area (Å²) in [6, 6.07) is 4.93. The Balaban J connectivity index is 2.46. The Labute approximate surface area is 115 Å². The van der Waals surface area contributed by atoms with E-state index in [1.54, 1.807) is 12.1 Å². The van der Waals surface area contributed by atoms with Crippen molar-refractivity contribution in [2.45, 2.75) is 52.4 Å². The standard InChI is InChI=1S/C16H24O3/c1-3-7-12(2)8-4-5-9-13-10-6-11-14(15(13)17)16(18)19/h6,10-12,17H,3-5,7-9H2,1-2H3,(H,18,19). The monoisotopic (exact) mass is 264 g/mol. The first-order chi connectivity index (χ1) is 9.06. The molecule has 0 aliphatic carbocycles. The highest BCUT2D eigenvalue weighted by molar-refractivity contribution is 5.91. The second kappa shape index (κ2) is 7.82. The van der Waals surface area contributed by atoms with Crippen molar-refractivity contribution in [3.63, 3.8) is 0 Å². The largest absolute Gasteiger partial charge is 0.507 e. The van der Waals surface area contributed by atoms with Crippen molar-refractivity contribution in [1.29, 1.82) is 0 Å². The predicted molar refractivity (Wildman–Crippen MR) is 76.7 cm³/mol. The van der Waals surface area contributed by atoms with Gasteiger partial charge >= 0.3 is 5.97 Å². The number of aryl methyl sites for hydroxylation is 1. The summed E-state index contributed by atoms with van der Waals surface area (Å²) in [4.78, 5) is 10.9. The average Bonchev–Trinajstić information content (AvgIpc) is 2.36. The Morgan fingerprint density at radius 2 is 2.00 bits per heavy atom. The molecule has 0 saturated carbocycles. The molecule has 0 aliphatic heterocycles. The molecule has 0 aromatic heterocycles. The second-order valence-electron chi connectivity index (χ2n) is 5.26. The molecule has 2 N–H and O–H groups in total. The summed E-state index contributed by atoms with van der Waals surface area (Å²) in [5.74, 6) is -0.392. The lowest BCUT2D eigenvalue weighted by molar-refractivity contribution is 0.0693. The van der Waals surface area contributed by atoms with Gasteiger partial charge < -0.3 is 10.2 Å². The molecule has 1 atom stereocenters. The highest BCUT2D eigenvalue weighted by Crippen LogP contribution is 2.24. The van der Waals surface area contributed by atoms with Crippen LogP contribution in [0.15, 0.2) is 18.2 Å². The molecule has 3 heteroatoms. The molecule has 106 valence electrons. The number of aromatic carboxylic acids is 1. The van der Waals surface area contributed by atoms with Gasteiger partial charge in [-0.05, 0) is 30.4 Å². The van der Waals surface area contributed by atoms with E-state index in [2.05, 4.69) is 13.8 Å². The van der Waals surface area contributed by atoms with Crippen LogP contribution in [0.25, 0.3) is 0 Å². The van der Waals surface area contributed by atoms with Crippen LogP contribution in [0.4, 0.5) is 0 Å². The maximum atomic E-state index is 10.9. The molecule has 0 fully saturated rings. The van der Waals surface area contributed by atoms with Gasteiger partial charge in [0, 0.05) is 0 Å². The van der Waals surface area contributed by atoms with Crippen molar-refractivity contribution in [3.05, 3.63) is 29.3 Å². The Kier molecular flexibility index (Phi) is 6.40. The van der Waals surface area contributed by atoms with E-state index < -0.39 is 5.97 Å². The van der Waals surface area contributed by atoms with Crippen molar-refractivity contribution >= 4 is 5.97 Å². The fourth-order valence-corrected chi connectivity index (χ4v) is 2.41. The highest BCUT2D eigenvalue weighted by atomic mass is 16.4. The van der Waals surface area contributed by atoms with Gasteiger partial charge in [0.15, 0.2) is 0 Å². The van der Waals surface area contributed by atoms with E-state index in [9.17, 15) is 9.90 Å².